The van der Waals surface area contributed by atoms with E-state index in [1.165, 1.54) is 0 Å². The van der Waals surface area contributed by atoms with Crippen LogP contribution in [0, 0.1) is 0 Å². The van der Waals surface area contributed by atoms with Crippen LogP contribution in [0.2, 0.25) is 0 Å². The Hall–Kier alpha value is -3.21. The largest absolute Gasteiger partial charge is 0.490 e. The third kappa shape index (κ3) is 5.14. The van der Waals surface area contributed by atoms with E-state index in [0.29, 0.717) is 56.0 Å². The molecule has 0 radical (unpaired) electrons. The van der Waals surface area contributed by atoms with Crippen LogP contribution in [0.25, 0.3) is 0 Å². The molecule has 1 amide bonds. The number of aryl methyl sites for hydroxylation is 1. The van der Waals surface area contributed by atoms with E-state index in [4.69, 9.17) is 19.4 Å². The fraction of sp³-hybridized carbons (Fsp3) is 0.538. The highest BCUT2D eigenvalue weighted by Crippen LogP contribution is 2.32. The number of piperidine rings is 2. The predicted octanol–water partition coefficient (Wildman–Crippen LogP) is 2.00. The summed E-state index contributed by atoms with van der Waals surface area (Å²) in [6.45, 7) is 3.55. The van der Waals surface area contributed by atoms with Crippen LogP contribution in [-0.4, -0.2) is 88.6 Å². The van der Waals surface area contributed by atoms with Crippen molar-refractivity contribution in [2.24, 2.45) is 4.99 Å². The number of benzene rings is 1. The number of carbonyl (C=O) groups is 1. The number of aliphatic imine (C=N–C) groups is 1. The van der Waals surface area contributed by atoms with Crippen LogP contribution in [0.5, 0.6) is 5.75 Å². The number of rotatable bonds is 6. The summed E-state index contributed by atoms with van der Waals surface area (Å²) < 4.78 is 24.5. The van der Waals surface area contributed by atoms with Crippen molar-refractivity contribution in [3.05, 3.63) is 35.5 Å². The summed E-state index contributed by atoms with van der Waals surface area (Å²) in [6.07, 6.45) is 3.80. The van der Waals surface area contributed by atoms with Gasteiger partial charge in [-0.05, 0) is 30.7 Å². The van der Waals surface area contributed by atoms with Crippen molar-refractivity contribution >= 4 is 34.4 Å². The number of fused-ring (bicyclic) bond motifs is 1. The number of anilines is 2. The van der Waals surface area contributed by atoms with E-state index in [-0.39, 0.29) is 18.1 Å². The highest BCUT2D eigenvalue weighted by molar-refractivity contribution is 7.85. The summed E-state index contributed by atoms with van der Waals surface area (Å²) >= 11 is 0. The molecule has 0 bridgehead atoms. The summed E-state index contributed by atoms with van der Waals surface area (Å²) in [5.74, 6) is 3.64. The molecule has 196 valence electrons. The van der Waals surface area contributed by atoms with Gasteiger partial charge < -0.3 is 24.6 Å². The summed E-state index contributed by atoms with van der Waals surface area (Å²) in [4.78, 5) is 30.6. The first kappa shape index (κ1) is 24.1. The third-order valence-corrected chi connectivity index (χ3v) is 8.82. The van der Waals surface area contributed by atoms with E-state index in [1.807, 2.05) is 31.3 Å². The van der Waals surface area contributed by atoms with Crippen LogP contribution >= 0.6 is 0 Å². The molecule has 0 spiro atoms. The van der Waals surface area contributed by atoms with Gasteiger partial charge >= 0.3 is 0 Å². The monoisotopic (exact) mass is 524 g/mol. The lowest BCUT2D eigenvalue weighted by Gasteiger charge is -2.33. The molecular formula is C26H32N6O4S. The zero-order valence-electron chi connectivity index (χ0n) is 21.0. The molecule has 2 aromatic rings. The molecule has 0 aliphatic carbocycles. The molecule has 2 atom stereocenters. The highest BCUT2D eigenvalue weighted by Gasteiger charge is 2.31. The van der Waals surface area contributed by atoms with E-state index >= 15 is 0 Å². The number of hydrogen-bond donors (Lipinski definition) is 1. The SMILES string of the molecule is CN1CC(Nc2nc(N3CCC(Oc4ccc(C5=NCCO5)cc4)CC3)nc3c2[S@@](=O)CC3)CCC1=O. The second kappa shape index (κ2) is 10.3. The number of nitrogens with one attached hydrogen (secondary N) is 1. The Morgan fingerprint density at radius 3 is 2.65 bits per heavy atom. The van der Waals surface area contributed by atoms with Crippen LogP contribution in [0.15, 0.2) is 34.2 Å². The molecule has 10 nitrogen and oxygen atoms in total. The molecule has 1 unspecified atom stereocenters. The Kier molecular flexibility index (Phi) is 6.71. The van der Waals surface area contributed by atoms with Gasteiger partial charge in [0.25, 0.3) is 0 Å². The second-order valence-corrected chi connectivity index (χ2v) is 11.5. The number of nitrogens with zero attached hydrogens (tertiary/aromatic N) is 5. The zero-order chi connectivity index (χ0) is 25.4. The first-order valence-corrected chi connectivity index (χ1v) is 14.3. The average Bonchev–Trinajstić information content (AvgIpc) is 3.58. The normalized spacial score (nSPS) is 24.0. The fourth-order valence-corrected chi connectivity index (χ4v) is 6.61. The Morgan fingerprint density at radius 1 is 1.11 bits per heavy atom. The van der Waals surface area contributed by atoms with E-state index in [2.05, 4.69) is 15.2 Å². The number of aromatic nitrogens is 2. The summed E-state index contributed by atoms with van der Waals surface area (Å²) in [6, 6.07) is 8.02. The molecule has 5 heterocycles. The first-order valence-electron chi connectivity index (χ1n) is 13.0. The van der Waals surface area contributed by atoms with Crippen molar-refractivity contribution in [1.82, 2.24) is 14.9 Å². The predicted molar refractivity (Wildman–Crippen MR) is 141 cm³/mol. The van der Waals surface area contributed by atoms with Gasteiger partial charge in [0.15, 0.2) is 0 Å². The van der Waals surface area contributed by atoms with Crippen LogP contribution in [-0.2, 0) is 26.8 Å². The van der Waals surface area contributed by atoms with Crippen molar-refractivity contribution in [3.8, 4) is 5.75 Å². The second-order valence-electron chi connectivity index (χ2n) is 9.97. The molecule has 2 saturated heterocycles. The number of likely N-dealkylation sites (tertiary alicyclic amines) is 1. The number of carbonyl (C=O) groups excluding carboxylic acids is 1. The Bertz CT molecular complexity index is 1230. The number of likely N-dealkylation sites (N-methyl/N-ethyl adjacent to an activating group) is 1. The van der Waals surface area contributed by atoms with Gasteiger partial charge in [-0.25, -0.2) is 9.98 Å². The minimum atomic E-state index is -1.10. The number of hydrogen-bond acceptors (Lipinski definition) is 9. The van der Waals surface area contributed by atoms with E-state index in [0.717, 1.165) is 54.3 Å². The smallest absolute Gasteiger partial charge is 0.227 e. The van der Waals surface area contributed by atoms with Crippen molar-refractivity contribution in [2.75, 3.05) is 55.8 Å². The molecule has 6 rings (SSSR count). The number of ether oxygens (including phenoxy) is 2. The van der Waals surface area contributed by atoms with Crippen LogP contribution < -0.4 is 15.0 Å². The molecule has 4 aliphatic heterocycles. The highest BCUT2D eigenvalue weighted by atomic mass is 32.2. The van der Waals surface area contributed by atoms with Gasteiger partial charge in [0, 0.05) is 69.7 Å². The zero-order valence-corrected chi connectivity index (χ0v) is 21.8. The van der Waals surface area contributed by atoms with Crippen molar-refractivity contribution in [1.29, 1.82) is 0 Å². The molecular weight excluding hydrogens is 492 g/mol. The Balaban J connectivity index is 1.11. The van der Waals surface area contributed by atoms with Crippen LogP contribution in [0.4, 0.5) is 11.8 Å². The van der Waals surface area contributed by atoms with Gasteiger partial charge in [-0.1, -0.05) is 0 Å². The Labute approximate surface area is 218 Å². The van der Waals surface area contributed by atoms with Crippen molar-refractivity contribution < 1.29 is 18.5 Å². The van der Waals surface area contributed by atoms with Gasteiger partial charge in [0.05, 0.1) is 23.0 Å². The third-order valence-electron chi connectivity index (χ3n) is 7.36. The lowest BCUT2D eigenvalue weighted by Crippen LogP contribution is -2.43. The van der Waals surface area contributed by atoms with E-state index in [9.17, 15) is 9.00 Å². The summed E-state index contributed by atoms with van der Waals surface area (Å²) in [5.41, 5.74) is 1.85. The molecule has 0 saturated carbocycles. The Morgan fingerprint density at radius 2 is 1.92 bits per heavy atom. The summed E-state index contributed by atoms with van der Waals surface area (Å²) in [5, 5.41) is 3.50. The van der Waals surface area contributed by atoms with Crippen LogP contribution in [0.3, 0.4) is 0 Å². The summed E-state index contributed by atoms with van der Waals surface area (Å²) in [7, 11) is 0.727. The van der Waals surface area contributed by atoms with Gasteiger partial charge in [-0.15, -0.1) is 0 Å². The van der Waals surface area contributed by atoms with Gasteiger partial charge in [0.1, 0.15) is 29.2 Å². The maximum absolute atomic E-state index is 12.7. The van der Waals surface area contributed by atoms with Crippen molar-refractivity contribution in [2.45, 2.75) is 49.1 Å². The molecule has 4 aliphatic rings. The maximum atomic E-state index is 12.7. The fourth-order valence-electron chi connectivity index (χ4n) is 5.30. The van der Waals surface area contributed by atoms with E-state index < -0.39 is 10.8 Å². The standard InChI is InChI=1S/C26H32N6O4S/c1-31-16-18(4-7-22(31)33)28-24-23-21(10-15-37(23)34)29-26(30-24)32-12-8-20(9-13-32)36-19-5-2-17(3-6-19)25-27-11-14-35-25/h2-3,5-6,18,20H,4,7-16H2,1H3,(H,28,29,30)/t18?,37-/m0/s1. The first-order chi connectivity index (χ1) is 18.0. The number of amides is 1. The quantitative estimate of drug-likeness (QED) is 0.611. The molecule has 11 heteroatoms. The molecule has 1 N–H and O–H groups in total. The van der Waals surface area contributed by atoms with Crippen molar-refractivity contribution in [3.63, 3.8) is 0 Å². The average molecular weight is 525 g/mol. The van der Waals surface area contributed by atoms with Gasteiger partial charge in [0.2, 0.25) is 17.8 Å². The lowest BCUT2D eigenvalue weighted by molar-refractivity contribution is -0.132. The molecule has 1 aromatic carbocycles. The van der Waals surface area contributed by atoms with Gasteiger partial charge in [-0.2, -0.15) is 4.98 Å². The minimum Gasteiger partial charge on any atom is -0.490 e. The topological polar surface area (TPSA) is 109 Å². The van der Waals surface area contributed by atoms with Crippen LogP contribution in [0.1, 0.15) is 36.9 Å². The molecule has 1 aromatic heterocycles. The maximum Gasteiger partial charge on any atom is 0.227 e. The molecule has 2 fully saturated rings. The molecule has 37 heavy (non-hydrogen) atoms. The van der Waals surface area contributed by atoms with E-state index in [1.54, 1.807) is 4.90 Å². The minimum absolute atomic E-state index is 0.0879. The lowest BCUT2D eigenvalue weighted by atomic mass is 10.1. The van der Waals surface area contributed by atoms with Gasteiger partial charge in [-0.3, -0.25) is 9.00 Å².